The van der Waals surface area contributed by atoms with Gasteiger partial charge in [0, 0.05) is 23.2 Å². The monoisotopic (exact) mass is 249 g/mol. The van der Waals surface area contributed by atoms with Crippen LogP contribution < -0.4 is 11.1 Å². The van der Waals surface area contributed by atoms with E-state index in [0.29, 0.717) is 12.5 Å². The fraction of sp³-hybridized carbons (Fsp3) is 0.250. The third kappa shape index (κ3) is 2.75. The molecule has 4 nitrogen and oxygen atoms in total. The van der Waals surface area contributed by atoms with E-state index in [2.05, 4.69) is 10.3 Å². The predicted molar refractivity (Wildman–Crippen MR) is 72.3 cm³/mol. The molecule has 0 spiro atoms. The van der Waals surface area contributed by atoms with Crippen molar-refractivity contribution in [1.82, 2.24) is 5.32 Å². The van der Waals surface area contributed by atoms with E-state index in [1.165, 1.54) is 4.70 Å². The van der Waals surface area contributed by atoms with Gasteiger partial charge in [0.15, 0.2) is 5.96 Å². The van der Waals surface area contributed by atoms with E-state index < -0.39 is 6.10 Å². The molecule has 2 aromatic rings. The van der Waals surface area contributed by atoms with Gasteiger partial charge in [-0.3, -0.25) is 4.99 Å². The maximum atomic E-state index is 10.0. The summed E-state index contributed by atoms with van der Waals surface area (Å²) in [7, 11) is 1.61. The van der Waals surface area contributed by atoms with Crippen LogP contribution in [0, 0.1) is 0 Å². The molecular formula is C12H15N3OS. The Bertz CT molecular complexity index is 502. The van der Waals surface area contributed by atoms with Crippen molar-refractivity contribution in [2.75, 3.05) is 13.6 Å². The van der Waals surface area contributed by atoms with Crippen LogP contribution in [0.3, 0.4) is 0 Å². The highest BCUT2D eigenvalue weighted by Crippen LogP contribution is 2.29. The van der Waals surface area contributed by atoms with Crippen LogP contribution in [0.5, 0.6) is 0 Å². The van der Waals surface area contributed by atoms with Crippen molar-refractivity contribution in [3.05, 3.63) is 35.2 Å². The second-order valence-electron chi connectivity index (χ2n) is 3.69. The zero-order valence-corrected chi connectivity index (χ0v) is 10.4. The summed E-state index contributed by atoms with van der Waals surface area (Å²) < 4.78 is 1.18. The lowest BCUT2D eigenvalue weighted by Crippen LogP contribution is -2.34. The van der Waals surface area contributed by atoms with Crippen LogP contribution in [-0.2, 0) is 0 Å². The first-order chi connectivity index (χ1) is 8.20. The van der Waals surface area contributed by atoms with Crippen LogP contribution in [0.1, 0.15) is 11.0 Å². The lowest BCUT2D eigenvalue weighted by molar-refractivity contribution is 0.185. The van der Waals surface area contributed by atoms with Gasteiger partial charge < -0.3 is 16.2 Å². The van der Waals surface area contributed by atoms with E-state index >= 15 is 0 Å². The summed E-state index contributed by atoms with van der Waals surface area (Å²) in [6, 6.07) is 10.1. The summed E-state index contributed by atoms with van der Waals surface area (Å²) in [5.41, 5.74) is 5.51. The van der Waals surface area contributed by atoms with Crippen LogP contribution >= 0.6 is 11.3 Å². The molecule has 0 saturated carbocycles. The van der Waals surface area contributed by atoms with Gasteiger partial charge in [-0.25, -0.2) is 0 Å². The molecule has 1 atom stereocenters. The topological polar surface area (TPSA) is 70.6 Å². The molecule has 90 valence electrons. The van der Waals surface area contributed by atoms with Crippen molar-refractivity contribution < 1.29 is 5.11 Å². The number of nitrogens with zero attached hydrogens (tertiary/aromatic N) is 1. The molecule has 17 heavy (non-hydrogen) atoms. The first-order valence-electron chi connectivity index (χ1n) is 5.33. The number of rotatable bonds is 3. The maximum absolute atomic E-state index is 10.0. The molecule has 1 unspecified atom stereocenters. The van der Waals surface area contributed by atoms with Gasteiger partial charge in [-0.1, -0.05) is 18.2 Å². The summed E-state index contributed by atoms with van der Waals surface area (Å²) >= 11 is 1.59. The average Bonchev–Trinajstić information content (AvgIpc) is 2.79. The second kappa shape index (κ2) is 5.16. The minimum absolute atomic E-state index is 0.338. The minimum atomic E-state index is -0.562. The number of hydrogen-bond donors (Lipinski definition) is 3. The van der Waals surface area contributed by atoms with E-state index in [4.69, 9.17) is 5.73 Å². The third-order valence-electron chi connectivity index (χ3n) is 2.49. The summed E-state index contributed by atoms with van der Waals surface area (Å²) in [5.74, 6) is 0.338. The maximum Gasteiger partial charge on any atom is 0.188 e. The fourth-order valence-corrected chi connectivity index (χ4v) is 2.60. The molecule has 0 saturated heterocycles. The van der Waals surface area contributed by atoms with E-state index in [0.717, 1.165) is 10.3 Å². The number of hydrogen-bond acceptors (Lipinski definition) is 3. The normalized spacial score (nSPS) is 13.9. The van der Waals surface area contributed by atoms with Crippen LogP contribution in [0.2, 0.25) is 0 Å². The molecule has 2 rings (SSSR count). The van der Waals surface area contributed by atoms with E-state index in [9.17, 15) is 5.11 Å². The van der Waals surface area contributed by atoms with Gasteiger partial charge in [-0.2, -0.15) is 0 Å². The molecule has 5 heteroatoms. The molecule has 0 amide bonds. The molecule has 0 aliphatic heterocycles. The number of aliphatic hydroxyl groups excluding tert-OH is 1. The smallest absolute Gasteiger partial charge is 0.188 e. The van der Waals surface area contributed by atoms with Crippen molar-refractivity contribution in [3.8, 4) is 0 Å². The van der Waals surface area contributed by atoms with Gasteiger partial charge >= 0.3 is 0 Å². The number of aliphatic hydroxyl groups is 1. The minimum Gasteiger partial charge on any atom is -0.386 e. The highest BCUT2D eigenvalue weighted by atomic mass is 32.1. The molecule has 0 radical (unpaired) electrons. The Kier molecular flexibility index (Phi) is 3.61. The SMILES string of the molecule is CN=C(N)NCC(O)c1cc2ccccc2s1. The Balaban J connectivity index is 2.11. The Morgan fingerprint density at radius 2 is 2.29 bits per heavy atom. The number of aliphatic imine (C=N–C) groups is 1. The predicted octanol–water partition coefficient (Wildman–Crippen LogP) is 1.47. The molecule has 1 aromatic carbocycles. The molecular weight excluding hydrogens is 234 g/mol. The van der Waals surface area contributed by atoms with E-state index in [1.807, 2.05) is 30.3 Å². The van der Waals surface area contributed by atoms with Crippen LogP contribution in [0.4, 0.5) is 0 Å². The second-order valence-corrected chi connectivity index (χ2v) is 4.81. The molecule has 1 heterocycles. The zero-order valence-electron chi connectivity index (χ0n) is 9.55. The standard InChI is InChI=1S/C12H15N3OS/c1-14-12(13)15-7-9(16)11-6-8-4-2-3-5-10(8)17-11/h2-6,9,16H,7H2,1H3,(H3,13,14,15). The van der Waals surface area contributed by atoms with Crippen LogP contribution in [0.15, 0.2) is 35.3 Å². The number of fused-ring (bicyclic) bond motifs is 1. The van der Waals surface area contributed by atoms with Crippen molar-refractivity contribution in [3.63, 3.8) is 0 Å². The van der Waals surface area contributed by atoms with Gasteiger partial charge in [-0.05, 0) is 17.5 Å². The number of nitrogens with two attached hydrogens (primary N) is 1. The highest BCUT2D eigenvalue weighted by molar-refractivity contribution is 7.19. The zero-order chi connectivity index (χ0) is 12.3. The number of nitrogens with one attached hydrogen (secondary N) is 1. The first kappa shape index (κ1) is 11.9. The van der Waals surface area contributed by atoms with Gasteiger partial charge in [0.05, 0.1) is 0 Å². The van der Waals surface area contributed by atoms with Crippen molar-refractivity contribution in [2.45, 2.75) is 6.10 Å². The van der Waals surface area contributed by atoms with Gasteiger partial charge in [0.1, 0.15) is 6.10 Å². The largest absolute Gasteiger partial charge is 0.386 e. The quantitative estimate of drug-likeness (QED) is 0.570. The molecule has 4 N–H and O–H groups in total. The number of thiophene rings is 1. The Morgan fingerprint density at radius 3 is 3.00 bits per heavy atom. The van der Waals surface area contributed by atoms with E-state index in [1.54, 1.807) is 18.4 Å². The summed E-state index contributed by atoms with van der Waals surface area (Å²) in [6.45, 7) is 0.371. The van der Waals surface area contributed by atoms with Crippen molar-refractivity contribution in [2.24, 2.45) is 10.7 Å². The molecule has 0 fully saturated rings. The molecule has 1 aromatic heterocycles. The molecule has 0 aliphatic carbocycles. The Morgan fingerprint density at radius 1 is 1.53 bits per heavy atom. The highest BCUT2D eigenvalue weighted by Gasteiger charge is 2.11. The lowest BCUT2D eigenvalue weighted by Gasteiger charge is -2.09. The van der Waals surface area contributed by atoms with Gasteiger partial charge in [0.25, 0.3) is 0 Å². The van der Waals surface area contributed by atoms with Crippen molar-refractivity contribution in [1.29, 1.82) is 0 Å². The first-order valence-corrected chi connectivity index (χ1v) is 6.15. The number of guanidine groups is 1. The Hall–Kier alpha value is -1.59. The van der Waals surface area contributed by atoms with E-state index in [-0.39, 0.29) is 0 Å². The fourth-order valence-electron chi connectivity index (χ4n) is 1.55. The molecule has 0 aliphatic rings. The van der Waals surface area contributed by atoms with Gasteiger partial charge in [-0.15, -0.1) is 11.3 Å². The van der Waals surface area contributed by atoms with Crippen molar-refractivity contribution >= 4 is 27.4 Å². The Labute approximate surface area is 104 Å². The van der Waals surface area contributed by atoms with Crippen LogP contribution in [0.25, 0.3) is 10.1 Å². The van der Waals surface area contributed by atoms with Gasteiger partial charge in [0.2, 0.25) is 0 Å². The third-order valence-corrected chi connectivity index (χ3v) is 3.71. The molecule has 0 bridgehead atoms. The van der Waals surface area contributed by atoms with Crippen LogP contribution in [-0.4, -0.2) is 24.7 Å². The average molecular weight is 249 g/mol. The summed E-state index contributed by atoms with van der Waals surface area (Å²) in [6.07, 6.45) is -0.562. The summed E-state index contributed by atoms with van der Waals surface area (Å²) in [5, 5.41) is 14.0. The number of benzene rings is 1. The lowest BCUT2D eigenvalue weighted by atomic mass is 10.2. The summed E-state index contributed by atoms with van der Waals surface area (Å²) in [4.78, 5) is 4.71.